The van der Waals surface area contributed by atoms with E-state index in [9.17, 15) is 33.4 Å². The van der Waals surface area contributed by atoms with Gasteiger partial charge in [0.2, 0.25) is 23.6 Å². The van der Waals surface area contributed by atoms with Crippen molar-refractivity contribution < 1.29 is 47.2 Å². The average Bonchev–Trinajstić information content (AvgIpc) is 3.73. The zero-order valence-electron chi connectivity index (χ0n) is 42.3. The quantitative estimate of drug-likeness (QED) is 0.0210. The van der Waals surface area contributed by atoms with Gasteiger partial charge in [0.25, 0.3) is 0 Å². The Morgan fingerprint density at radius 3 is 1.76 bits per heavy atom. The molecule has 0 aliphatic rings. The number of H-pyrrole nitrogens is 1. The van der Waals surface area contributed by atoms with E-state index in [1.54, 1.807) is 6.20 Å². The smallest absolute Gasteiger partial charge is 0.466 e. The molecule has 68 heavy (non-hydrogen) atoms. The molecular weight excluding hydrogens is 886 g/mol. The van der Waals surface area contributed by atoms with E-state index in [0.29, 0.717) is 25.7 Å². The van der Waals surface area contributed by atoms with Gasteiger partial charge in [0, 0.05) is 43.0 Å². The summed E-state index contributed by atoms with van der Waals surface area (Å²) in [6.07, 6.45) is 29.0. The van der Waals surface area contributed by atoms with Gasteiger partial charge in [0.05, 0.1) is 26.2 Å². The Morgan fingerprint density at radius 2 is 1.18 bits per heavy atom. The number of aromatic amines is 1. The summed E-state index contributed by atoms with van der Waals surface area (Å²) in [5, 5.41) is 11.8. The van der Waals surface area contributed by atoms with Gasteiger partial charge in [-0.2, -0.15) is 0 Å². The Morgan fingerprint density at radius 1 is 0.632 bits per heavy atom. The Kier molecular flexibility index (Phi) is 33.7. The number of esters is 1. The van der Waals surface area contributed by atoms with Crippen molar-refractivity contribution in [2.24, 2.45) is 5.92 Å². The minimum Gasteiger partial charge on any atom is -0.466 e. The molecule has 16 heteroatoms. The Bertz CT molecular complexity index is 1740. The highest BCUT2D eigenvalue weighted by molar-refractivity contribution is 7.47. The molecule has 0 aliphatic heterocycles. The molecule has 2 aromatic rings. The van der Waals surface area contributed by atoms with Crippen molar-refractivity contribution in [3.05, 3.63) is 36.0 Å². The zero-order chi connectivity index (χ0) is 49.7. The predicted molar refractivity (Wildman–Crippen MR) is 271 cm³/mol. The number of fused-ring (bicyclic) bond motifs is 1. The van der Waals surface area contributed by atoms with Crippen LogP contribution in [0, 0.1) is 5.92 Å². The van der Waals surface area contributed by atoms with Crippen LogP contribution in [-0.4, -0.2) is 84.5 Å². The molecule has 0 bridgehead atoms. The van der Waals surface area contributed by atoms with Crippen LogP contribution in [0.25, 0.3) is 10.9 Å². The average molecular weight is 976 g/mol. The second kappa shape index (κ2) is 38.0. The van der Waals surface area contributed by atoms with Crippen molar-refractivity contribution in [3.63, 3.8) is 0 Å². The number of para-hydroxylation sites is 1. The number of ether oxygens (including phenoxy) is 1. The number of amides is 4. The molecule has 0 saturated carbocycles. The number of hydrogen-bond donors (Lipinski definition) is 6. The molecule has 4 atom stereocenters. The Labute approximate surface area is 408 Å². The second-order valence-electron chi connectivity index (χ2n) is 18.4. The summed E-state index contributed by atoms with van der Waals surface area (Å²) >= 11 is 0. The molecule has 1 heterocycles. The zero-order valence-corrected chi connectivity index (χ0v) is 43.2. The number of hydrogen-bond acceptors (Lipinski definition) is 9. The summed E-state index contributed by atoms with van der Waals surface area (Å²) < 4.78 is 28.6. The summed E-state index contributed by atoms with van der Waals surface area (Å²) in [6, 6.07) is 5.49. The minimum atomic E-state index is -4.75. The normalized spacial score (nSPS) is 13.6. The molecule has 0 radical (unpaired) electrons. The van der Waals surface area contributed by atoms with Crippen molar-refractivity contribution >= 4 is 48.3 Å². The van der Waals surface area contributed by atoms with Gasteiger partial charge in [0.15, 0.2) is 0 Å². The van der Waals surface area contributed by atoms with Gasteiger partial charge < -0.3 is 35.9 Å². The van der Waals surface area contributed by atoms with E-state index in [4.69, 9.17) is 13.8 Å². The molecule has 6 N–H and O–H groups in total. The van der Waals surface area contributed by atoms with Gasteiger partial charge in [-0.05, 0) is 36.8 Å². The van der Waals surface area contributed by atoms with Crippen LogP contribution >= 0.6 is 7.82 Å². The molecule has 0 saturated heterocycles. The highest BCUT2D eigenvalue weighted by Crippen LogP contribution is 2.43. The maximum absolute atomic E-state index is 13.3. The van der Waals surface area contributed by atoms with Gasteiger partial charge in [-0.3, -0.25) is 33.0 Å². The van der Waals surface area contributed by atoms with Gasteiger partial charge >= 0.3 is 13.8 Å². The lowest BCUT2D eigenvalue weighted by molar-refractivity contribution is -0.143. The molecule has 388 valence electrons. The van der Waals surface area contributed by atoms with Gasteiger partial charge in [0.1, 0.15) is 12.1 Å². The Balaban J connectivity index is 1.78. The van der Waals surface area contributed by atoms with Crippen LogP contribution in [0.4, 0.5) is 0 Å². The van der Waals surface area contributed by atoms with Crippen molar-refractivity contribution in [1.29, 1.82) is 0 Å². The first-order valence-electron chi connectivity index (χ1n) is 26.4. The maximum Gasteiger partial charge on any atom is 0.472 e. The number of carbonyl (C=O) groups excluding carboxylic acids is 5. The van der Waals surface area contributed by atoms with E-state index in [0.717, 1.165) is 55.0 Å². The molecular formula is C52H90N5O10P. The van der Waals surface area contributed by atoms with E-state index in [-0.39, 0.29) is 56.2 Å². The second-order valence-corrected chi connectivity index (χ2v) is 19.9. The monoisotopic (exact) mass is 976 g/mol. The van der Waals surface area contributed by atoms with Crippen LogP contribution in [0.2, 0.25) is 0 Å². The lowest BCUT2D eigenvalue weighted by Gasteiger charge is -2.24. The third kappa shape index (κ3) is 28.6. The fraction of sp³-hybridized carbons (Fsp3) is 0.750. The third-order valence-corrected chi connectivity index (χ3v) is 13.4. The third-order valence-electron chi connectivity index (χ3n) is 12.4. The topological polar surface area (TPSA) is 214 Å². The number of phosphoric ester groups is 1. The van der Waals surface area contributed by atoms with Gasteiger partial charge in [-0.25, -0.2) is 4.57 Å². The first kappa shape index (κ1) is 60.3. The molecule has 1 unspecified atom stereocenters. The molecule has 0 aliphatic carbocycles. The lowest BCUT2D eigenvalue weighted by Crippen LogP contribution is -2.51. The largest absolute Gasteiger partial charge is 0.472 e. The van der Waals surface area contributed by atoms with Crippen molar-refractivity contribution in [3.8, 4) is 0 Å². The number of rotatable bonds is 43. The number of unbranched alkanes of at least 4 members (excludes halogenated alkanes) is 20. The minimum absolute atomic E-state index is 0.0755. The molecule has 4 amide bonds. The fourth-order valence-corrected chi connectivity index (χ4v) is 8.76. The summed E-state index contributed by atoms with van der Waals surface area (Å²) in [6.45, 7) is 7.23. The van der Waals surface area contributed by atoms with E-state index in [1.165, 1.54) is 96.3 Å². The van der Waals surface area contributed by atoms with E-state index >= 15 is 0 Å². The number of aromatic nitrogens is 1. The number of nitrogens with one attached hydrogen (secondary N) is 5. The summed E-state index contributed by atoms with van der Waals surface area (Å²) in [7, 11) is -4.75. The van der Waals surface area contributed by atoms with Crippen LogP contribution in [0.5, 0.6) is 0 Å². The summed E-state index contributed by atoms with van der Waals surface area (Å²) in [5.41, 5.74) is 1.71. The molecule has 1 aromatic carbocycles. The predicted octanol–water partition coefficient (Wildman–Crippen LogP) is 10.4. The van der Waals surface area contributed by atoms with Crippen molar-refractivity contribution in [2.75, 3.05) is 32.9 Å². The highest BCUT2D eigenvalue weighted by atomic mass is 31.2. The lowest BCUT2D eigenvalue weighted by atomic mass is 9.98. The summed E-state index contributed by atoms with van der Waals surface area (Å²) in [5.74, 6) is -2.29. The molecule has 15 nitrogen and oxygen atoms in total. The first-order chi connectivity index (χ1) is 32.9. The van der Waals surface area contributed by atoms with Gasteiger partial charge in [-0.1, -0.05) is 181 Å². The van der Waals surface area contributed by atoms with Crippen LogP contribution < -0.4 is 21.3 Å². The maximum atomic E-state index is 13.3. The first-order valence-corrected chi connectivity index (χ1v) is 27.9. The fourth-order valence-electron chi connectivity index (χ4n) is 8.03. The van der Waals surface area contributed by atoms with Crippen molar-refractivity contribution in [2.45, 2.75) is 213 Å². The van der Waals surface area contributed by atoms with Crippen LogP contribution in [-0.2, 0) is 48.7 Å². The van der Waals surface area contributed by atoms with Crippen molar-refractivity contribution in [1.82, 2.24) is 26.3 Å². The molecule has 0 fully saturated rings. The standard InChI is InChI=1S/C52H90N5O10P/c1-5-8-10-12-14-16-17-18-19-21-23-25-27-34-49(60)65-37-30-35-53-51(61)46(56-47(58)33-26-24-22-20-15-13-11-9-6-2)41-67-68(63,64)66-38-36-54-52(62)50(42(4)7-3)57-48(59)39-43-40-55-45-32-29-28-31-44(43)45/h28-29,31-32,40,42,46,50,55H,5-27,30,33-39,41H2,1-4H3,(H,53,61)(H,54,62)(H,56,58)(H,57,59)(H,63,64)/t42-,46-,50-/m0/s1. The van der Waals surface area contributed by atoms with E-state index < -0.39 is 44.9 Å². The number of phosphoric acid groups is 1. The summed E-state index contributed by atoms with van der Waals surface area (Å²) in [4.78, 5) is 78.4. The Hall–Kier alpha value is -3.78. The van der Waals surface area contributed by atoms with Gasteiger partial charge in [-0.15, -0.1) is 0 Å². The van der Waals surface area contributed by atoms with Crippen LogP contribution in [0.3, 0.4) is 0 Å². The van der Waals surface area contributed by atoms with Crippen LogP contribution in [0.1, 0.15) is 200 Å². The molecule has 2 rings (SSSR count). The SMILES string of the molecule is CCCCCCCCCCCCCCCC(=O)OCCCNC(=O)[C@H](COP(=O)(O)OCCNC(=O)[C@@H](NC(=O)Cc1c[nH]c2ccccc12)[C@@H](C)CC)NC(=O)CCCCCCCCCCC. The van der Waals surface area contributed by atoms with E-state index in [1.807, 2.05) is 38.1 Å². The van der Waals surface area contributed by atoms with Crippen LogP contribution in [0.15, 0.2) is 30.5 Å². The van der Waals surface area contributed by atoms with E-state index in [2.05, 4.69) is 40.1 Å². The number of benzene rings is 1. The number of carbonyl (C=O) groups is 5. The molecule has 0 spiro atoms. The highest BCUT2D eigenvalue weighted by Gasteiger charge is 2.29. The molecule has 1 aromatic heterocycles.